The van der Waals surface area contributed by atoms with Crippen molar-refractivity contribution in [2.45, 2.75) is 60.5 Å². The molecule has 2 aliphatic carbocycles. The van der Waals surface area contributed by atoms with E-state index in [1.807, 2.05) is 6.92 Å². The fraction of sp³-hybridized carbons (Fsp3) is 0.875. The second kappa shape index (κ2) is 3.60. The smallest absolute Gasteiger partial charge is 0.0597 e. The van der Waals surface area contributed by atoms with Crippen LogP contribution in [0.5, 0.6) is 0 Å². The Morgan fingerprint density at radius 1 is 1.29 bits per heavy atom. The Balaban J connectivity index is 2.09. The predicted molar refractivity (Wildman–Crippen MR) is 72.7 cm³/mol. The zero-order valence-electron chi connectivity index (χ0n) is 12.2. The van der Waals surface area contributed by atoms with E-state index >= 15 is 0 Å². The molecule has 0 aromatic heterocycles. The van der Waals surface area contributed by atoms with Gasteiger partial charge in [0.25, 0.3) is 0 Å². The van der Waals surface area contributed by atoms with Gasteiger partial charge in [-0.3, -0.25) is 0 Å². The van der Waals surface area contributed by atoms with E-state index in [9.17, 15) is 5.11 Å². The van der Waals surface area contributed by atoms with Gasteiger partial charge in [0, 0.05) is 5.41 Å². The number of allylic oxidation sites excluding steroid dienone is 1. The van der Waals surface area contributed by atoms with E-state index in [4.69, 9.17) is 0 Å². The van der Waals surface area contributed by atoms with Crippen LogP contribution in [0.3, 0.4) is 0 Å². The predicted octanol–water partition coefficient (Wildman–Crippen LogP) is 4.02. The van der Waals surface area contributed by atoms with Crippen molar-refractivity contribution in [2.75, 3.05) is 0 Å². The molecule has 0 radical (unpaired) electrons. The summed E-state index contributed by atoms with van der Waals surface area (Å²) in [5, 5.41) is 9.74. The van der Waals surface area contributed by atoms with Gasteiger partial charge in [-0.2, -0.15) is 0 Å². The van der Waals surface area contributed by atoms with Gasteiger partial charge in [-0.25, -0.2) is 0 Å². The standard InChI is InChI=1S/C16H28O/c1-11(17)14(2,3)8-7-12-9-13-10-16(13,6)15(12,4)5/h7-8,11-13,17H,9-10H2,1-6H3. The largest absolute Gasteiger partial charge is 0.393 e. The van der Waals surface area contributed by atoms with Gasteiger partial charge >= 0.3 is 0 Å². The molecule has 4 atom stereocenters. The molecule has 2 rings (SSSR count). The van der Waals surface area contributed by atoms with Gasteiger partial charge in [-0.05, 0) is 42.4 Å². The first-order valence-electron chi connectivity index (χ1n) is 6.99. The minimum Gasteiger partial charge on any atom is -0.393 e. The van der Waals surface area contributed by atoms with Gasteiger partial charge < -0.3 is 5.11 Å². The SMILES string of the molecule is CC(O)C(C)(C)C=CC1CC2CC2(C)C1(C)C. The fourth-order valence-corrected chi connectivity index (χ4v) is 3.43. The highest BCUT2D eigenvalue weighted by Crippen LogP contribution is 2.74. The summed E-state index contributed by atoms with van der Waals surface area (Å²) < 4.78 is 0. The van der Waals surface area contributed by atoms with Crippen LogP contribution in [-0.2, 0) is 0 Å². The first-order chi connectivity index (χ1) is 7.61. The fourth-order valence-electron chi connectivity index (χ4n) is 3.43. The average Bonchev–Trinajstić information content (AvgIpc) is 2.80. The van der Waals surface area contributed by atoms with Crippen molar-refractivity contribution in [3.63, 3.8) is 0 Å². The van der Waals surface area contributed by atoms with E-state index in [1.165, 1.54) is 12.8 Å². The molecule has 1 N–H and O–H groups in total. The van der Waals surface area contributed by atoms with Crippen LogP contribution >= 0.6 is 0 Å². The molecule has 1 nitrogen and oxygen atoms in total. The molecule has 0 saturated heterocycles. The molecule has 17 heavy (non-hydrogen) atoms. The second-order valence-corrected chi connectivity index (χ2v) is 7.74. The van der Waals surface area contributed by atoms with Crippen molar-refractivity contribution < 1.29 is 5.11 Å². The van der Waals surface area contributed by atoms with Gasteiger partial charge in [0.1, 0.15) is 0 Å². The van der Waals surface area contributed by atoms with Crippen molar-refractivity contribution >= 4 is 0 Å². The van der Waals surface area contributed by atoms with E-state index in [1.54, 1.807) is 0 Å². The first kappa shape index (κ1) is 13.1. The van der Waals surface area contributed by atoms with Crippen molar-refractivity contribution in [3.8, 4) is 0 Å². The lowest BCUT2D eigenvalue weighted by molar-refractivity contribution is 0.0982. The van der Waals surface area contributed by atoms with Crippen molar-refractivity contribution in [3.05, 3.63) is 12.2 Å². The van der Waals surface area contributed by atoms with Crippen LogP contribution in [0.25, 0.3) is 0 Å². The molecule has 1 heteroatoms. The lowest BCUT2D eigenvalue weighted by Gasteiger charge is -2.34. The van der Waals surface area contributed by atoms with Crippen LogP contribution in [0.1, 0.15) is 54.4 Å². The second-order valence-electron chi connectivity index (χ2n) is 7.74. The van der Waals surface area contributed by atoms with Crippen LogP contribution in [0.2, 0.25) is 0 Å². The molecule has 0 aromatic rings. The van der Waals surface area contributed by atoms with E-state index in [0.717, 1.165) is 5.92 Å². The van der Waals surface area contributed by atoms with Gasteiger partial charge in [0.05, 0.1) is 6.10 Å². The van der Waals surface area contributed by atoms with Crippen LogP contribution in [-0.4, -0.2) is 11.2 Å². The normalized spacial score (nSPS) is 41.6. The third kappa shape index (κ3) is 1.87. The Hall–Kier alpha value is -0.300. The average molecular weight is 236 g/mol. The zero-order chi connectivity index (χ0) is 13.1. The highest BCUT2D eigenvalue weighted by atomic mass is 16.3. The maximum Gasteiger partial charge on any atom is 0.0597 e. The van der Waals surface area contributed by atoms with Gasteiger partial charge in [0.15, 0.2) is 0 Å². The van der Waals surface area contributed by atoms with Crippen LogP contribution < -0.4 is 0 Å². The number of hydrogen-bond donors (Lipinski definition) is 1. The third-order valence-corrected chi connectivity index (χ3v) is 6.18. The summed E-state index contributed by atoms with van der Waals surface area (Å²) in [5.41, 5.74) is 0.893. The number of hydrogen-bond acceptors (Lipinski definition) is 1. The Kier molecular flexibility index (Phi) is 2.78. The van der Waals surface area contributed by atoms with Gasteiger partial charge in [-0.1, -0.05) is 46.8 Å². The summed E-state index contributed by atoms with van der Waals surface area (Å²) >= 11 is 0. The summed E-state index contributed by atoms with van der Waals surface area (Å²) in [5.74, 6) is 1.63. The number of fused-ring (bicyclic) bond motifs is 1. The van der Waals surface area contributed by atoms with Gasteiger partial charge in [-0.15, -0.1) is 0 Å². The lowest BCUT2D eigenvalue weighted by atomic mass is 9.70. The summed E-state index contributed by atoms with van der Waals surface area (Å²) in [6, 6.07) is 0. The van der Waals surface area contributed by atoms with Crippen molar-refractivity contribution in [1.82, 2.24) is 0 Å². The third-order valence-electron chi connectivity index (χ3n) is 6.18. The van der Waals surface area contributed by atoms with Crippen LogP contribution in [0.15, 0.2) is 12.2 Å². The Bertz CT molecular complexity index is 337. The zero-order valence-corrected chi connectivity index (χ0v) is 12.2. The summed E-state index contributed by atoms with van der Waals surface area (Å²) in [6.45, 7) is 13.4. The maximum absolute atomic E-state index is 9.74. The molecule has 2 saturated carbocycles. The quantitative estimate of drug-likeness (QED) is 0.734. The summed E-state index contributed by atoms with van der Waals surface area (Å²) in [4.78, 5) is 0. The molecule has 0 heterocycles. The summed E-state index contributed by atoms with van der Waals surface area (Å²) in [6.07, 6.45) is 7.09. The summed E-state index contributed by atoms with van der Waals surface area (Å²) in [7, 11) is 0. The number of rotatable bonds is 3. The van der Waals surface area contributed by atoms with E-state index in [0.29, 0.717) is 16.7 Å². The van der Waals surface area contributed by atoms with E-state index in [2.05, 4.69) is 46.8 Å². The topological polar surface area (TPSA) is 20.2 Å². The minimum atomic E-state index is -0.284. The van der Waals surface area contributed by atoms with Crippen LogP contribution in [0, 0.1) is 28.1 Å². The van der Waals surface area contributed by atoms with E-state index in [-0.39, 0.29) is 11.5 Å². The molecule has 0 spiro atoms. The molecule has 2 aliphatic rings. The van der Waals surface area contributed by atoms with Crippen molar-refractivity contribution in [1.29, 1.82) is 0 Å². The molecular formula is C16H28O. The highest BCUT2D eigenvalue weighted by Gasteiger charge is 2.66. The number of aliphatic hydroxyl groups is 1. The first-order valence-corrected chi connectivity index (χ1v) is 6.99. The Morgan fingerprint density at radius 3 is 2.29 bits per heavy atom. The van der Waals surface area contributed by atoms with Crippen molar-refractivity contribution in [2.24, 2.45) is 28.1 Å². The highest BCUT2D eigenvalue weighted by molar-refractivity contribution is 5.20. The molecule has 0 aromatic carbocycles. The number of aliphatic hydroxyl groups excluding tert-OH is 1. The van der Waals surface area contributed by atoms with Crippen LogP contribution in [0.4, 0.5) is 0 Å². The molecule has 0 amide bonds. The Labute approximate surface area is 106 Å². The maximum atomic E-state index is 9.74. The molecule has 0 aliphatic heterocycles. The minimum absolute atomic E-state index is 0.107. The van der Waals surface area contributed by atoms with Gasteiger partial charge in [0.2, 0.25) is 0 Å². The van der Waals surface area contributed by atoms with E-state index < -0.39 is 0 Å². The lowest BCUT2D eigenvalue weighted by Crippen LogP contribution is -2.28. The molecule has 2 fully saturated rings. The molecular weight excluding hydrogens is 208 g/mol. The molecule has 4 unspecified atom stereocenters. The monoisotopic (exact) mass is 236 g/mol. The Morgan fingerprint density at radius 2 is 1.88 bits per heavy atom. The molecule has 98 valence electrons. The molecule has 0 bridgehead atoms.